The fraction of sp³-hybridized carbons (Fsp3) is 0.263. The molecule has 0 atom stereocenters. The molecular weight excluding hydrogens is 407 g/mol. The zero-order chi connectivity index (χ0) is 20.7. The molecule has 1 heterocycles. The Morgan fingerprint density at radius 3 is 2.54 bits per heavy atom. The highest BCUT2D eigenvalue weighted by atomic mass is 35.5. The number of sulfonamides is 1. The van der Waals surface area contributed by atoms with Gasteiger partial charge in [0.25, 0.3) is 5.91 Å². The van der Waals surface area contributed by atoms with Crippen molar-refractivity contribution in [3.05, 3.63) is 64.4 Å². The fourth-order valence-electron chi connectivity index (χ4n) is 2.97. The van der Waals surface area contributed by atoms with Crippen LogP contribution >= 0.6 is 11.6 Å². The number of nitrogens with one attached hydrogen (secondary N) is 1. The van der Waals surface area contributed by atoms with Gasteiger partial charge in [-0.3, -0.25) is 9.59 Å². The van der Waals surface area contributed by atoms with Gasteiger partial charge in [-0.05, 0) is 38.1 Å². The monoisotopic (exact) mass is 424 g/mol. The molecule has 2 aromatic rings. The predicted octanol–water partition coefficient (Wildman–Crippen LogP) is 3.11. The zero-order valence-corrected chi connectivity index (χ0v) is 16.8. The average molecular weight is 425 g/mol. The Morgan fingerprint density at radius 2 is 1.93 bits per heavy atom. The van der Waals surface area contributed by atoms with Gasteiger partial charge in [-0.25, -0.2) is 17.1 Å². The van der Waals surface area contributed by atoms with Gasteiger partial charge in [0, 0.05) is 17.7 Å². The van der Waals surface area contributed by atoms with Crippen molar-refractivity contribution in [3.8, 4) is 0 Å². The minimum Gasteiger partial charge on any atom is -0.348 e. The third-order valence-electron chi connectivity index (χ3n) is 4.41. The number of benzene rings is 2. The van der Waals surface area contributed by atoms with Crippen molar-refractivity contribution >= 4 is 39.1 Å². The topological polar surface area (TPSA) is 83.6 Å². The van der Waals surface area contributed by atoms with Crippen molar-refractivity contribution < 1.29 is 22.4 Å². The molecule has 1 aliphatic heterocycles. The summed E-state index contributed by atoms with van der Waals surface area (Å²) in [6.45, 7) is 3.02. The van der Waals surface area contributed by atoms with Gasteiger partial charge in [-0.1, -0.05) is 29.8 Å². The predicted molar refractivity (Wildman–Crippen MR) is 104 cm³/mol. The first-order valence-corrected chi connectivity index (χ1v) is 10.4. The van der Waals surface area contributed by atoms with Gasteiger partial charge in [0.1, 0.15) is 5.82 Å². The van der Waals surface area contributed by atoms with Crippen LogP contribution < -0.4 is 9.62 Å². The number of halogens is 2. The number of nitrogens with zero attached hydrogens (tertiary/aromatic N) is 1. The van der Waals surface area contributed by atoms with E-state index in [-0.39, 0.29) is 28.6 Å². The number of carbonyl (C=O) groups excluding carboxylic acids is 2. The summed E-state index contributed by atoms with van der Waals surface area (Å²) in [5.41, 5.74) is -0.756. The smallest absolute Gasteiger partial charge is 0.251 e. The quantitative estimate of drug-likeness (QED) is 0.817. The maximum atomic E-state index is 13.7. The molecule has 0 radical (unpaired) electrons. The van der Waals surface area contributed by atoms with E-state index in [1.807, 2.05) is 0 Å². The average Bonchev–Trinajstić information content (AvgIpc) is 2.77. The summed E-state index contributed by atoms with van der Waals surface area (Å²) in [4.78, 5) is 25.0. The minimum atomic E-state index is -3.90. The highest BCUT2D eigenvalue weighted by Crippen LogP contribution is 2.39. The molecule has 6 nitrogen and oxygen atoms in total. The number of hydrogen-bond acceptors (Lipinski definition) is 4. The molecule has 1 N–H and O–H groups in total. The van der Waals surface area contributed by atoms with E-state index >= 15 is 0 Å². The third kappa shape index (κ3) is 3.74. The van der Waals surface area contributed by atoms with Crippen LogP contribution in [0.15, 0.2) is 42.5 Å². The van der Waals surface area contributed by atoms with Gasteiger partial charge in [0.05, 0.1) is 21.9 Å². The first-order chi connectivity index (χ1) is 13.0. The van der Waals surface area contributed by atoms with Crippen molar-refractivity contribution in [1.29, 1.82) is 0 Å². The van der Waals surface area contributed by atoms with E-state index in [9.17, 15) is 22.4 Å². The number of carbonyl (C=O) groups is 2. The largest absolute Gasteiger partial charge is 0.348 e. The standard InChI is InChI=1S/C19H18ClFN2O4S/c1-19(2)11-28(26,27)23(18(19)25)16-9-12(7-8-14(16)20)17(24)22-10-13-5-3-4-6-15(13)21/h3-9H,10-11H2,1-2H3,(H,22,24). The molecule has 0 bridgehead atoms. The summed E-state index contributed by atoms with van der Waals surface area (Å²) in [5.74, 6) is -1.96. The van der Waals surface area contributed by atoms with Crippen LogP contribution in [0.3, 0.4) is 0 Å². The Balaban J connectivity index is 1.89. The number of anilines is 1. The molecule has 0 unspecified atom stereocenters. The Hall–Kier alpha value is -2.45. The molecule has 28 heavy (non-hydrogen) atoms. The molecule has 0 aromatic heterocycles. The maximum Gasteiger partial charge on any atom is 0.251 e. The Labute approximate surface area is 167 Å². The summed E-state index contributed by atoms with van der Waals surface area (Å²) in [6, 6.07) is 10.0. The normalized spacial score (nSPS) is 17.6. The van der Waals surface area contributed by atoms with Gasteiger partial charge < -0.3 is 5.32 Å². The van der Waals surface area contributed by atoms with Crippen LogP contribution in [-0.4, -0.2) is 26.0 Å². The van der Waals surface area contributed by atoms with Gasteiger partial charge in [0.2, 0.25) is 15.9 Å². The summed E-state index contributed by atoms with van der Waals surface area (Å²) in [7, 11) is -3.90. The molecule has 2 aromatic carbocycles. The van der Waals surface area contributed by atoms with Crippen molar-refractivity contribution in [2.75, 3.05) is 10.1 Å². The van der Waals surface area contributed by atoms with Gasteiger partial charge in [-0.15, -0.1) is 0 Å². The lowest BCUT2D eigenvalue weighted by Gasteiger charge is -2.19. The van der Waals surface area contributed by atoms with Gasteiger partial charge in [0.15, 0.2) is 0 Å². The summed E-state index contributed by atoms with van der Waals surface area (Å²) in [6.07, 6.45) is 0. The van der Waals surface area contributed by atoms with Crippen molar-refractivity contribution in [1.82, 2.24) is 5.32 Å². The molecule has 2 amide bonds. The molecule has 0 aliphatic carbocycles. The molecule has 9 heteroatoms. The Kier molecular flexibility index (Phi) is 5.20. The van der Waals surface area contributed by atoms with E-state index in [0.29, 0.717) is 9.87 Å². The van der Waals surface area contributed by atoms with E-state index < -0.39 is 33.1 Å². The first kappa shape index (κ1) is 20.3. The zero-order valence-electron chi connectivity index (χ0n) is 15.2. The number of hydrogen-bond donors (Lipinski definition) is 1. The van der Waals surface area contributed by atoms with Crippen LogP contribution in [-0.2, 0) is 21.4 Å². The van der Waals surface area contributed by atoms with Crippen LogP contribution in [0.2, 0.25) is 5.02 Å². The van der Waals surface area contributed by atoms with Crippen molar-refractivity contribution in [2.24, 2.45) is 5.41 Å². The van der Waals surface area contributed by atoms with E-state index in [0.717, 1.165) is 0 Å². The number of amides is 2. The van der Waals surface area contributed by atoms with Crippen LogP contribution in [0.25, 0.3) is 0 Å². The lowest BCUT2D eigenvalue weighted by molar-refractivity contribution is -0.123. The first-order valence-electron chi connectivity index (χ1n) is 8.41. The molecule has 1 saturated heterocycles. The second-order valence-electron chi connectivity index (χ2n) is 7.15. The fourth-order valence-corrected chi connectivity index (χ4v) is 5.34. The number of rotatable bonds is 4. The van der Waals surface area contributed by atoms with Crippen LogP contribution in [0, 0.1) is 11.2 Å². The van der Waals surface area contributed by atoms with Gasteiger partial charge in [-0.2, -0.15) is 0 Å². The van der Waals surface area contributed by atoms with E-state index in [1.54, 1.807) is 18.2 Å². The molecule has 1 aliphatic rings. The Bertz CT molecular complexity index is 1070. The molecular formula is C19H18ClFN2O4S. The van der Waals surface area contributed by atoms with Crippen molar-refractivity contribution in [3.63, 3.8) is 0 Å². The van der Waals surface area contributed by atoms with Gasteiger partial charge >= 0.3 is 0 Å². The molecule has 1 fully saturated rings. The van der Waals surface area contributed by atoms with E-state index in [1.165, 1.54) is 38.1 Å². The second kappa shape index (κ2) is 7.18. The highest BCUT2D eigenvalue weighted by Gasteiger charge is 2.50. The second-order valence-corrected chi connectivity index (χ2v) is 9.37. The van der Waals surface area contributed by atoms with Crippen molar-refractivity contribution in [2.45, 2.75) is 20.4 Å². The Morgan fingerprint density at radius 1 is 1.25 bits per heavy atom. The maximum absolute atomic E-state index is 13.7. The van der Waals surface area contributed by atoms with Crippen LogP contribution in [0.5, 0.6) is 0 Å². The minimum absolute atomic E-state index is 0.0280. The van der Waals surface area contributed by atoms with Crippen LogP contribution in [0.1, 0.15) is 29.8 Å². The molecule has 0 saturated carbocycles. The summed E-state index contributed by atoms with van der Waals surface area (Å²) in [5, 5.41) is 2.59. The molecule has 148 valence electrons. The summed E-state index contributed by atoms with van der Waals surface area (Å²) < 4.78 is 39.3. The molecule has 0 spiro atoms. The van der Waals surface area contributed by atoms with E-state index in [2.05, 4.69) is 5.32 Å². The molecule has 3 rings (SSSR count). The summed E-state index contributed by atoms with van der Waals surface area (Å²) >= 11 is 6.12. The third-order valence-corrected chi connectivity index (χ3v) is 6.73. The SMILES string of the molecule is CC1(C)CS(=O)(=O)N(c2cc(C(=O)NCc3ccccc3F)ccc2Cl)C1=O. The lowest BCUT2D eigenvalue weighted by Crippen LogP contribution is -2.33. The van der Waals surface area contributed by atoms with Crippen LogP contribution in [0.4, 0.5) is 10.1 Å². The highest BCUT2D eigenvalue weighted by molar-refractivity contribution is 7.94. The lowest BCUT2D eigenvalue weighted by atomic mass is 9.95. The van der Waals surface area contributed by atoms with E-state index in [4.69, 9.17) is 11.6 Å².